The smallest absolute Gasteiger partial charge is 0.0104 e. The number of rotatable bonds is 9. The molecule has 2 unspecified atom stereocenters. The molecule has 1 saturated heterocycles. The summed E-state index contributed by atoms with van der Waals surface area (Å²) in [5.41, 5.74) is 0. The van der Waals surface area contributed by atoms with E-state index >= 15 is 0 Å². The average Bonchev–Trinajstić information content (AvgIpc) is 2.37. The molecular formula is C17H33N. The summed E-state index contributed by atoms with van der Waals surface area (Å²) in [4.78, 5) is 0. The summed E-state index contributed by atoms with van der Waals surface area (Å²) in [5, 5.41) is 3.69. The van der Waals surface area contributed by atoms with E-state index < -0.39 is 0 Å². The fourth-order valence-electron chi connectivity index (χ4n) is 2.85. The molecule has 2 atom stereocenters. The summed E-state index contributed by atoms with van der Waals surface area (Å²) >= 11 is 0. The first-order valence-electron chi connectivity index (χ1n) is 8.24. The third-order valence-electron chi connectivity index (χ3n) is 4.02. The van der Waals surface area contributed by atoms with Gasteiger partial charge in [-0.25, -0.2) is 0 Å². The minimum atomic E-state index is 0.732. The standard InChI is InChI=1S/C17H33N/c1-3-4-5-6-7-8-9-10-11-14-17-15-12-13-16(2)18-17/h10-11,16-18H,3-9,12-15H2,1-2H3. The Morgan fingerprint density at radius 3 is 2.56 bits per heavy atom. The van der Waals surface area contributed by atoms with Crippen molar-refractivity contribution in [2.75, 3.05) is 0 Å². The molecule has 1 heteroatoms. The van der Waals surface area contributed by atoms with E-state index in [1.165, 1.54) is 70.6 Å². The molecule has 1 aliphatic rings. The Balaban J connectivity index is 1.90. The molecule has 0 aromatic carbocycles. The predicted octanol–water partition coefficient (Wildman–Crippen LogP) is 5.21. The Labute approximate surface area is 114 Å². The quantitative estimate of drug-likeness (QED) is 0.438. The topological polar surface area (TPSA) is 12.0 Å². The van der Waals surface area contributed by atoms with Gasteiger partial charge in [-0.1, -0.05) is 57.6 Å². The number of hydrogen-bond acceptors (Lipinski definition) is 1. The second kappa shape index (κ2) is 10.6. The third kappa shape index (κ3) is 7.92. The summed E-state index contributed by atoms with van der Waals surface area (Å²) in [6, 6.07) is 1.48. The molecule has 0 saturated carbocycles. The minimum Gasteiger partial charge on any atom is -0.311 e. The van der Waals surface area contributed by atoms with Crippen molar-refractivity contribution in [3.63, 3.8) is 0 Å². The van der Waals surface area contributed by atoms with Gasteiger partial charge in [0, 0.05) is 12.1 Å². The minimum absolute atomic E-state index is 0.732. The molecule has 0 spiro atoms. The predicted molar refractivity (Wildman–Crippen MR) is 82.0 cm³/mol. The van der Waals surface area contributed by atoms with Gasteiger partial charge in [-0.2, -0.15) is 0 Å². The molecule has 1 aliphatic heterocycles. The van der Waals surface area contributed by atoms with Gasteiger partial charge in [0.05, 0.1) is 0 Å². The van der Waals surface area contributed by atoms with E-state index in [0.717, 1.165) is 12.1 Å². The average molecular weight is 251 g/mol. The normalized spacial score (nSPS) is 24.8. The second-order valence-corrected chi connectivity index (χ2v) is 5.96. The van der Waals surface area contributed by atoms with Gasteiger partial charge in [0.1, 0.15) is 0 Å². The maximum atomic E-state index is 3.69. The first-order valence-corrected chi connectivity index (χ1v) is 8.24. The number of hydrogen-bond donors (Lipinski definition) is 1. The summed E-state index contributed by atoms with van der Waals surface area (Å²) in [5.74, 6) is 0. The molecule has 1 nitrogen and oxygen atoms in total. The van der Waals surface area contributed by atoms with Gasteiger partial charge in [-0.05, 0) is 39.0 Å². The Kier molecular flexibility index (Phi) is 9.28. The highest BCUT2D eigenvalue weighted by Gasteiger charge is 2.15. The monoisotopic (exact) mass is 251 g/mol. The lowest BCUT2D eigenvalue weighted by molar-refractivity contribution is 0.336. The van der Waals surface area contributed by atoms with Crippen LogP contribution in [-0.4, -0.2) is 12.1 Å². The fourth-order valence-corrected chi connectivity index (χ4v) is 2.85. The van der Waals surface area contributed by atoms with E-state index in [0.29, 0.717) is 0 Å². The van der Waals surface area contributed by atoms with Gasteiger partial charge in [-0.3, -0.25) is 0 Å². The molecule has 18 heavy (non-hydrogen) atoms. The molecule has 0 radical (unpaired) electrons. The lowest BCUT2D eigenvalue weighted by atomic mass is 9.97. The number of unbranched alkanes of at least 4 members (excludes halogenated alkanes) is 6. The van der Waals surface area contributed by atoms with Gasteiger partial charge in [-0.15, -0.1) is 0 Å². The van der Waals surface area contributed by atoms with Crippen LogP contribution in [0.2, 0.25) is 0 Å². The van der Waals surface area contributed by atoms with Crippen molar-refractivity contribution in [3.8, 4) is 0 Å². The SMILES string of the molecule is CCCCCCCCC=CCC1CCCC(C)N1. The van der Waals surface area contributed by atoms with Crippen LogP contribution in [0, 0.1) is 0 Å². The first kappa shape index (κ1) is 15.8. The summed E-state index contributed by atoms with van der Waals surface area (Å²) in [6.45, 7) is 4.59. The molecule has 1 fully saturated rings. The van der Waals surface area contributed by atoms with Crippen molar-refractivity contribution >= 4 is 0 Å². The van der Waals surface area contributed by atoms with E-state index in [4.69, 9.17) is 0 Å². The maximum Gasteiger partial charge on any atom is 0.0104 e. The van der Waals surface area contributed by atoms with Crippen molar-refractivity contribution in [2.24, 2.45) is 0 Å². The zero-order valence-electron chi connectivity index (χ0n) is 12.6. The summed E-state index contributed by atoms with van der Waals surface area (Å²) < 4.78 is 0. The van der Waals surface area contributed by atoms with E-state index in [1.807, 2.05) is 0 Å². The van der Waals surface area contributed by atoms with Crippen LogP contribution in [0.5, 0.6) is 0 Å². The largest absolute Gasteiger partial charge is 0.311 e. The Hall–Kier alpha value is -0.300. The molecule has 0 amide bonds. The molecule has 0 aromatic heterocycles. The molecule has 0 aromatic rings. The highest BCUT2D eigenvalue weighted by molar-refractivity contribution is 4.89. The zero-order chi connectivity index (χ0) is 13.1. The summed E-state index contributed by atoms with van der Waals surface area (Å²) in [7, 11) is 0. The van der Waals surface area contributed by atoms with Crippen LogP contribution >= 0.6 is 0 Å². The number of allylic oxidation sites excluding steroid dienone is 1. The van der Waals surface area contributed by atoms with E-state index in [2.05, 4.69) is 31.3 Å². The molecule has 0 aliphatic carbocycles. The molecule has 1 heterocycles. The third-order valence-corrected chi connectivity index (χ3v) is 4.02. The van der Waals surface area contributed by atoms with Gasteiger partial charge in [0.25, 0.3) is 0 Å². The van der Waals surface area contributed by atoms with E-state index in [1.54, 1.807) is 0 Å². The van der Waals surface area contributed by atoms with Crippen LogP contribution in [0.4, 0.5) is 0 Å². The van der Waals surface area contributed by atoms with Crippen LogP contribution in [0.1, 0.15) is 84.5 Å². The first-order chi connectivity index (χ1) is 8.83. The van der Waals surface area contributed by atoms with Crippen molar-refractivity contribution in [1.29, 1.82) is 0 Å². The summed E-state index contributed by atoms with van der Waals surface area (Å²) in [6.07, 6.45) is 19.9. The second-order valence-electron chi connectivity index (χ2n) is 5.96. The Bertz CT molecular complexity index is 210. The molecule has 1 N–H and O–H groups in total. The van der Waals surface area contributed by atoms with Crippen LogP contribution in [-0.2, 0) is 0 Å². The molecule has 0 bridgehead atoms. The van der Waals surface area contributed by atoms with Gasteiger partial charge in [0.15, 0.2) is 0 Å². The van der Waals surface area contributed by atoms with E-state index in [9.17, 15) is 0 Å². The van der Waals surface area contributed by atoms with Crippen molar-refractivity contribution < 1.29 is 0 Å². The molecule has 106 valence electrons. The van der Waals surface area contributed by atoms with Gasteiger partial charge < -0.3 is 5.32 Å². The zero-order valence-corrected chi connectivity index (χ0v) is 12.6. The van der Waals surface area contributed by atoms with Crippen LogP contribution in [0.15, 0.2) is 12.2 Å². The lowest BCUT2D eigenvalue weighted by Crippen LogP contribution is -2.40. The van der Waals surface area contributed by atoms with Crippen molar-refractivity contribution in [3.05, 3.63) is 12.2 Å². The van der Waals surface area contributed by atoms with Gasteiger partial charge in [0.2, 0.25) is 0 Å². The van der Waals surface area contributed by atoms with Crippen LogP contribution in [0.25, 0.3) is 0 Å². The van der Waals surface area contributed by atoms with Crippen molar-refractivity contribution in [1.82, 2.24) is 5.32 Å². The van der Waals surface area contributed by atoms with Crippen LogP contribution in [0.3, 0.4) is 0 Å². The van der Waals surface area contributed by atoms with Crippen LogP contribution < -0.4 is 5.32 Å². The number of nitrogens with one attached hydrogen (secondary N) is 1. The Morgan fingerprint density at radius 1 is 1.00 bits per heavy atom. The lowest BCUT2D eigenvalue weighted by Gasteiger charge is -2.27. The van der Waals surface area contributed by atoms with Crippen molar-refractivity contribution in [2.45, 2.75) is 96.6 Å². The van der Waals surface area contributed by atoms with Gasteiger partial charge >= 0.3 is 0 Å². The maximum absolute atomic E-state index is 3.69. The molecular weight excluding hydrogens is 218 g/mol. The molecule has 1 rings (SSSR count). The Morgan fingerprint density at radius 2 is 1.78 bits per heavy atom. The number of piperidine rings is 1. The van der Waals surface area contributed by atoms with E-state index in [-0.39, 0.29) is 0 Å². The highest BCUT2D eigenvalue weighted by Crippen LogP contribution is 2.15. The highest BCUT2D eigenvalue weighted by atomic mass is 14.9. The fraction of sp³-hybridized carbons (Fsp3) is 0.882.